The Kier molecular flexibility index (Phi) is 4.43. The third-order valence-corrected chi connectivity index (χ3v) is 3.10. The van der Waals surface area contributed by atoms with Crippen molar-refractivity contribution in [2.24, 2.45) is 0 Å². The van der Waals surface area contributed by atoms with Crippen LogP contribution in [0.1, 0.15) is 29.6 Å². The molecule has 104 valence electrons. The maximum Gasteiger partial charge on any atom is 0.180 e. The molecule has 0 bridgehead atoms. The van der Waals surface area contributed by atoms with Crippen LogP contribution >= 0.6 is 0 Å². The van der Waals surface area contributed by atoms with Crippen LogP contribution in [0.4, 0.5) is 8.78 Å². The molecule has 1 aromatic carbocycles. The van der Waals surface area contributed by atoms with E-state index in [4.69, 9.17) is 9.52 Å². The Morgan fingerprint density at radius 1 is 1.40 bits per heavy atom. The molecule has 0 aliphatic rings. The predicted octanol–water partition coefficient (Wildman–Crippen LogP) is 2.73. The van der Waals surface area contributed by atoms with Crippen molar-refractivity contribution in [1.29, 1.82) is 5.26 Å². The molecule has 1 aromatic heterocycles. The lowest BCUT2D eigenvalue weighted by Crippen LogP contribution is -2.13. The minimum atomic E-state index is -0.893. The summed E-state index contributed by atoms with van der Waals surface area (Å²) >= 11 is 0. The van der Waals surface area contributed by atoms with E-state index in [2.05, 4.69) is 4.98 Å². The fourth-order valence-electron chi connectivity index (χ4n) is 2.15. The summed E-state index contributed by atoms with van der Waals surface area (Å²) in [5.74, 6) is -2.56. The van der Waals surface area contributed by atoms with Gasteiger partial charge in [0, 0.05) is 24.2 Å². The third-order valence-electron chi connectivity index (χ3n) is 3.10. The Labute approximate surface area is 114 Å². The number of aliphatic hydroxyl groups is 1. The van der Waals surface area contributed by atoms with E-state index in [1.54, 1.807) is 0 Å². The van der Waals surface area contributed by atoms with E-state index in [-0.39, 0.29) is 18.6 Å². The molecule has 0 saturated carbocycles. The van der Waals surface area contributed by atoms with Gasteiger partial charge in [0.05, 0.1) is 18.2 Å². The molecule has 0 radical (unpaired) electrons. The van der Waals surface area contributed by atoms with E-state index < -0.39 is 23.5 Å². The molecule has 0 saturated heterocycles. The highest BCUT2D eigenvalue weighted by atomic mass is 19.1. The standard InChI is InChI=1S/C14H12F2N2O2/c15-9-1-2-10(13(16)5-9)12(6-17)11(3-4-19)14-7-18-8-20-14/h1-2,5,7-8,11-12,19H,3-4H2/t11-,12+/m0/s1. The lowest BCUT2D eigenvalue weighted by atomic mass is 9.83. The predicted molar refractivity (Wildman–Crippen MR) is 65.7 cm³/mol. The SMILES string of the molecule is N#C[C@H](c1ccc(F)cc1F)[C@H](CCO)c1cnco1. The summed E-state index contributed by atoms with van der Waals surface area (Å²) in [7, 11) is 0. The zero-order valence-electron chi connectivity index (χ0n) is 10.5. The van der Waals surface area contributed by atoms with Crippen LogP contribution < -0.4 is 0 Å². The minimum Gasteiger partial charge on any atom is -0.448 e. The monoisotopic (exact) mass is 278 g/mol. The normalized spacial score (nSPS) is 13.7. The van der Waals surface area contributed by atoms with Gasteiger partial charge in [0.25, 0.3) is 0 Å². The topological polar surface area (TPSA) is 70.0 Å². The maximum absolute atomic E-state index is 13.8. The Balaban J connectivity index is 2.41. The van der Waals surface area contributed by atoms with Gasteiger partial charge in [-0.2, -0.15) is 5.26 Å². The van der Waals surface area contributed by atoms with Crippen molar-refractivity contribution in [2.45, 2.75) is 18.3 Å². The van der Waals surface area contributed by atoms with Crippen LogP contribution in [0.15, 0.2) is 35.2 Å². The Morgan fingerprint density at radius 2 is 2.20 bits per heavy atom. The molecule has 4 nitrogen and oxygen atoms in total. The van der Waals surface area contributed by atoms with E-state index in [0.29, 0.717) is 5.76 Å². The maximum atomic E-state index is 13.8. The first kappa shape index (κ1) is 14.2. The first-order chi connectivity index (χ1) is 9.67. The zero-order valence-corrected chi connectivity index (χ0v) is 10.5. The molecule has 2 rings (SSSR count). The van der Waals surface area contributed by atoms with E-state index >= 15 is 0 Å². The van der Waals surface area contributed by atoms with Gasteiger partial charge in [0.2, 0.25) is 0 Å². The molecule has 1 N–H and O–H groups in total. The molecular weight excluding hydrogens is 266 g/mol. The van der Waals surface area contributed by atoms with Gasteiger partial charge in [0.1, 0.15) is 17.4 Å². The lowest BCUT2D eigenvalue weighted by molar-refractivity contribution is 0.262. The second-order valence-corrected chi connectivity index (χ2v) is 4.30. The number of nitrogens with zero attached hydrogens (tertiary/aromatic N) is 2. The zero-order chi connectivity index (χ0) is 14.5. The van der Waals surface area contributed by atoms with Crippen molar-refractivity contribution in [1.82, 2.24) is 4.98 Å². The third kappa shape index (κ3) is 2.83. The molecular formula is C14H12F2N2O2. The summed E-state index contributed by atoms with van der Waals surface area (Å²) in [5.41, 5.74) is 0.0729. The summed E-state index contributed by atoms with van der Waals surface area (Å²) in [5, 5.41) is 18.4. The second-order valence-electron chi connectivity index (χ2n) is 4.30. The van der Waals surface area contributed by atoms with E-state index in [1.165, 1.54) is 18.7 Å². The van der Waals surface area contributed by atoms with E-state index in [1.807, 2.05) is 6.07 Å². The van der Waals surface area contributed by atoms with Crippen LogP contribution in [0.5, 0.6) is 0 Å². The summed E-state index contributed by atoms with van der Waals surface area (Å²) in [6.45, 7) is -0.188. The van der Waals surface area contributed by atoms with Crippen LogP contribution in [0.3, 0.4) is 0 Å². The van der Waals surface area contributed by atoms with Crippen molar-refractivity contribution in [3.8, 4) is 6.07 Å². The Bertz CT molecular complexity index is 608. The summed E-state index contributed by atoms with van der Waals surface area (Å²) in [6, 6.07) is 5.05. The van der Waals surface area contributed by atoms with Gasteiger partial charge in [-0.3, -0.25) is 0 Å². The fraction of sp³-hybridized carbons (Fsp3) is 0.286. The quantitative estimate of drug-likeness (QED) is 0.912. The lowest BCUT2D eigenvalue weighted by Gasteiger charge is -2.19. The summed E-state index contributed by atoms with van der Waals surface area (Å²) < 4.78 is 31.9. The number of aromatic nitrogens is 1. The van der Waals surface area contributed by atoms with Gasteiger partial charge < -0.3 is 9.52 Å². The van der Waals surface area contributed by atoms with Gasteiger partial charge in [-0.15, -0.1) is 0 Å². The Hall–Kier alpha value is -2.26. The molecule has 0 unspecified atom stereocenters. The second kappa shape index (κ2) is 6.26. The van der Waals surface area contributed by atoms with Crippen molar-refractivity contribution in [3.05, 3.63) is 53.7 Å². The number of oxazole rings is 1. The smallest absolute Gasteiger partial charge is 0.180 e. The molecule has 2 aromatic rings. The van der Waals surface area contributed by atoms with Gasteiger partial charge in [0.15, 0.2) is 6.39 Å². The van der Waals surface area contributed by atoms with Crippen LogP contribution in [0.2, 0.25) is 0 Å². The van der Waals surface area contributed by atoms with E-state index in [0.717, 1.165) is 12.1 Å². The molecule has 1 heterocycles. The Morgan fingerprint density at radius 3 is 2.75 bits per heavy atom. The van der Waals surface area contributed by atoms with Crippen LogP contribution in [-0.4, -0.2) is 16.7 Å². The van der Waals surface area contributed by atoms with E-state index in [9.17, 15) is 14.0 Å². The molecule has 0 aliphatic carbocycles. The average Bonchev–Trinajstić information content (AvgIpc) is 2.94. The largest absolute Gasteiger partial charge is 0.448 e. The van der Waals surface area contributed by atoms with Crippen LogP contribution in [0, 0.1) is 23.0 Å². The number of halogens is 2. The van der Waals surface area contributed by atoms with Gasteiger partial charge in [-0.25, -0.2) is 13.8 Å². The highest BCUT2D eigenvalue weighted by Gasteiger charge is 2.29. The minimum absolute atomic E-state index is 0.0729. The molecule has 0 spiro atoms. The molecule has 6 heteroatoms. The highest BCUT2D eigenvalue weighted by Crippen LogP contribution is 2.36. The number of benzene rings is 1. The van der Waals surface area contributed by atoms with Gasteiger partial charge in [-0.05, 0) is 12.5 Å². The van der Waals surface area contributed by atoms with Crippen molar-refractivity contribution < 1.29 is 18.3 Å². The van der Waals surface area contributed by atoms with Crippen molar-refractivity contribution in [2.75, 3.05) is 6.61 Å². The van der Waals surface area contributed by atoms with Crippen molar-refractivity contribution in [3.63, 3.8) is 0 Å². The molecule has 0 aliphatic heterocycles. The number of hydrogen-bond acceptors (Lipinski definition) is 4. The number of rotatable bonds is 5. The first-order valence-corrected chi connectivity index (χ1v) is 6.01. The van der Waals surface area contributed by atoms with Crippen LogP contribution in [0.25, 0.3) is 0 Å². The molecule has 2 atom stereocenters. The van der Waals surface area contributed by atoms with Gasteiger partial charge in [-0.1, -0.05) is 6.07 Å². The van der Waals surface area contributed by atoms with Crippen molar-refractivity contribution >= 4 is 0 Å². The summed E-state index contributed by atoms with van der Waals surface area (Å²) in [4.78, 5) is 3.76. The highest BCUT2D eigenvalue weighted by molar-refractivity contribution is 5.31. The number of nitriles is 1. The molecule has 0 fully saturated rings. The fourth-order valence-corrected chi connectivity index (χ4v) is 2.15. The number of hydrogen-bond donors (Lipinski definition) is 1. The van der Waals surface area contributed by atoms with Gasteiger partial charge >= 0.3 is 0 Å². The number of aliphatic hydroxyl groups excluding tert-OH is 1. The average molecular weight is 278 g/mol. The first-order valence-electron chi connectivity index (χ1n) is 6.01. The molecule has 20 heavy (non-hydrogen) atoms. The van der Waals surface area contributed by atoms with Crippen LogP contribution in [-0.2, 0) is 0 Å². The summed E-state index contributed by atoms with van der Waals surface area (Å²) in [6.07, 6.45) is 2.84. The molecule has 0 amide bonds.